The molecule has 3 N–H and O–H groups in total. The molecule has 0 aliphatic heterocycles. The number of anilines is 2. The van der Waals surface area contributed by atoms with E-state index in [0.717, 1.165) is 57.1 Å². The molecule has 0 saturated heterocycles. The minimum Gasteiger partial charge on any atom is -0.493 e. The molecule has 9 nitrogen and oxygen atoms in total. The summed E-state index contributed by atoms with van der Waals surface area (Å²) in [5.74, 6) is 1.33. The summed E-state index contributed by atoms with van der Waals surface area (Å²) in [4.78, 5) is 21.3. The zero-order chi connectivity index (χ0) is 26.9. The molecule has 0 spiro atoms. The maximum absolute atomic E-state index is 13.6. The molecule has 0 radical (unpaired) electrons. The largest absolute Gasteiger partial charge is 0.493 e. The lowest BCUT2D eigenvalue weighted by atomic mass is 9.93. The highest BCUT2D eigenvalue weighted by Crippen LogP contribution is 2.37. The van der Waals surface area contributed by atoms with E-state index in [4.69, 9.17) is 21.1 Å². The molecule has 11 heteroatoms. The Morgan fingerprint density at radius 1 is 1.11 bits per heavy atom. The summed E-state index contributed by atoms with van der Waals surface area (Å²) >= 11 is 5.94. The number of benzene rings is 2. The Bertz CT molecular complexity index is 1220. The average Bonchev–Trinajstić information content (AvgIpc) is 2.92. The van der Waals surface area contributed by atoms with Crippen LogP contribution in [-0.2, 0) is 4.79 Å². The number of fused-ring (bicyclic) bond motifs is 1. The number of rotatable bonds is 13. The Labute approximate surface area is 227 Å². The molecule has 1 saturated carbocycles. The zero-order valence-electron chi connectivity index (χ0n) is 21.7. The van der Waals surface area contributed by atoms with Crippen LogP contribution in [-0.4, -0.2) is 73.8 Å². The molecule has 0 bridgehead atoms. The van der Waals surface area contributed by atoms with Crippen molar-refractivity contribution in [1.29, 1.82) is 0 Å². The number of carbonyl (C=O) groups excluding carboxylic acids is 1. The van der Waals surface area contributed by atoms with Gasteiger partial charge in [-0.25, -0.2) is 14.4 Å². The van der Waals surface area contributed by atoms with E-state index in [1.807, 2.05) is 12.1 Å². The lowest BCUT2D eigenvalue weighted by molar-refractivity contribution is -0.109. The van der Waals surface area contributed by atoms with Gasteiger partial charge in [0.15, 0.2) is 11.5 Å². The van der Waals surface area contributed by atoms with Gasteiger partial charge in [0.2, 0.25) is 6.41 Å². The SMILES string of the molecule is COc1cc2ncnc(Nc3ccc(F)c(Cl)c3)c2cc1OC1CCC(NCCN(C)CCNC=O)CC1. The second-order valence-corrected chi connectivity index (χ2v) is 9.82. The fourth-order valence-electron chi connectivity index (χ4n) is 4.58. The first kappa shape index (κ1) is 27.8. The van der Waals surface area contributed by atoms with Crippen molar-refractivity contribution < 1.29 is 18.7 Å². The Morgan fingerprint density at radius 3 is 2.63 bits per heavy atom. The molecule has 204 valence electrons. The second-order valence-electron chi connectivity index (χ2n) is 9.42. The average molecular weight is 545 g/mol. The van der Waals surface area contributed by atoms with Crippen LogP contribution in [0.2, 0.25) is 5.02 Å². The number of carbonyl (C=O) groups is 1. The number of halogens is 2. The van der Waals surface area contributed by atoms with Crippen LogP contribution < -0.4 is 25.4 Å². The van der Waals surface area contributed by atoms with Crippen molar-refractivity contribution >= 4 is 40.4 Å². The van der Waals surface area contributed by atoms with Gasteiger partial charge in [-0.2, -0.15) is 0 Å². The van der Waals surface area contributed by atoms with Crippen LogP contribution in [0, 0.1) is 5.82 Å². The number of hydrogen-bond acceptors (Lipinski definition) is 8. The summed E-state index contributed by atoms with van der Waals surface area (Å²) in [5, 5.41) is 10.3. The molecule has 3 aromatic rings. The van der Waals surface area contributed by atoms with E-state index in [1.165, 1.54) is 18.5 Å². The summed E-state index contributed by atoms with van der Waals surface area (Å²) in [6.45, 7) is 3.31. The van der Waals surface area contributed by atoms with Gasteiger partial charge in [0, 0.05) is 49.4 Å². The number of nitrogens with zero attached hydrogens (tertiary/aromatic N) is 3. The van der Waals surface area contributed by atoms with Crippen LogP contribution in [0.4, 0.5) is 15.9 Å². The topological polar surface area (TPSA) is 101 Å². The van der Waals surface area contributed by atoms with E-state index in [1.54, 1.807) is 13.2 Å². The lowest BCUT2D eigenvalue weighted by Crippen LogP contribution is -2.40. The first-order chi connectivity index (χ1) is 18.5. The van der Waals surface area contributed by atoms with Crippen molar-refractivity contribution in [3.05, 3.63) is 47.5 Å². The van der Waals surface area contributed by atoms with Crippen LogP contribution >= 0.6 is 11.6 Å². The minimum atomic E-state index is -0.480. The van der Waals surface area contributed by atoms with Crippen molar-refractivity contribution in [2.75, 3.05) is 45.7 Å². The molecule has 0 atom stereocenters. The third-order valence-corrected chi connectivity index (χ3v) is 7.01. The highest BCUT2D eigenvalue weighted by atomic mass is 35.5. The van der Waals surface area contributed by atoms with Crippen molar-refractivity contribution in [2.45, 2.75) is 37.8 Å². The molecule has 1 heterocycles. The summed E-state index contributed by atoms with van der Waals surface area (Å²) in [6, 6.07) is 8.61. The molecule has 1 aliphatic rings. The Hall–Kier alpha value is -3.21. The van der Waals surface area contributed by atoms with E-state index in [2.05, 4.69) is 37.9 Å². The predicted molar refractivity (Wildman–Crippen MR) is 147 cm³/mol. The van der Waals surface area contributed by atoms with E-state index >= 15 is 0 Å². The standard InChI is InChI=1S/C27H34ClFN6O3/c1-35(11-9-30-17-36)12-10-31-18-3-6-20(7-4-18)38-26-14-21-24(15-25(26)37-2)32-16-33-27(21)34-19-5-8-23(29)22(28)13-19/h5,8,13-18,20,31H,3-4,6-7,9-12H2,1-2H3,(H,30,36)(H,32,33,34). The third-order valence-electron chi connectivity index (χ3n) is 6.72. The molecule has 2 aromatic carbocycles. The van der Waals surface area contributed by atoms with Crippen LogP contribution in [0.1, 0.15) is 25.7 Å². The van der Waals surface area contributed by atoms with Gasteiger partial charge >= 0.3 is 0 Å². The normalized spacial score (nSPS) is 17.4. The highest BCUT2D eigenvalue weighted by molar-refractivity contribution is 6.31. The summed E-state index contributed by atoms with van der Waals surface area (Å²) in [6.07, 6.45) is 6.19. The summed E-state index contributed by atoms with van der Waals surface area (Å²) in [7, 11) is 3.67. The first-order valence-corrected chi connectivity index (χ1v) is 13.1. The van der Waals surface area contributed by atoms with Crippen LogP contribution in [0.25, 0.3) is 10.9 Å². The monoisotopic (exact) mass is 544 g/mol. The van der Waals surface area contributed by atoms with Gasteiger partial charge in [0.05, 0.1) is 23.8 Å². The van der Waals surface area contributed by atoms with E-state index in [0.29, 0.717) is 41.1 Å². The minimum absolute atomic E-state index is 0.0306. The van der Waals surface area contributed by atoms with Gasteiger partial charge in [0.25, 0.3) is 0 Å². The van der Waals surface area contributed by atoms with E-state index in [-0.39, 0.29) is 11.1 Å². The fraction of sp³-hybridized carbons (Fsp3) is 0.444. The second kappa shape index (κ2) is 13.5. The predicted octanol–water partition coefficient (Wildman–Crippen LogP) is 4.13. The first-order valence-electron chi connectivity index (χ1n) is 12.8. The van der Waals surface area contributed by atoms with Crippen molar-refractivity contribution in [1.82, 2.24) is 25.5 Å². The number of methoxy groups -OCH3 is 1. The van der Waals surface area contributed by atoms with Crippen molar-refractivity contribution in [3.63, 3.8) is 0 Å². The third kappa shape index (κ3) is 7.43. The number of amides is 1. The molecule has 1 fully saturated rings. The van der Waals surface area contributed by atoms with Gasteiger partial charge in [-0.05, 0) is 57.0 Å². The van der Waals surface area contributed by atoms with E-state index < -0.39 is 5.82 Å². The van der Waals surface area contributed by atoms with Crippen LogP contribution in [0.3, 0.4) is 0 Å². The number of hydrogen-bond donors (Lipinski definition) is 3. The fourth-order valence-corrected chi connectivity index (χ4v) is 4.76. The molecule has 1 amide bonds. The van der Waals surface area contributed by atoms with E-state index in [9.17, 15) is 9.18 Å². The Morgan fingerprint density at radius 2 is 1.89 bits per heavy atom. The molecule has 38 heavy (non-hydrogen) atoms. The van der Waals surface area contributed by atoms with Crippen LogP contribution in [0.5, 0.6) is 11.5 Å². The smallest absolute Gasteiger partial charge is 0.207 e. The molecule has 1 aromatic heterocycles. The molecular formula is C27H34ClFN6O3. The van der Waals surface area contributed by atoms with Gasteiger partial charge in [0.1, 0.15) is 18.0 Å². The molecule has 4 rings (SSSR count). The van der Waals surface area contributed by atoms with Crippen LogP contribution in [0.15, 0.2) is 36.7 Å². The Kier molecular flexibility index (Phi) is 9.91. The number of likely N-dealkylation sites (N-methyl/N-ethyl adjacent to an activating group) is 1. The quantitative estimate of drug-likeness (QED) is 0.218. The number of ether oxygens (including phenoxy) is 2. The van der Waals surface area contributed by atoms with Crippen molar-refractivity contribution in [2.24, 2.45) is 0 Å². The lowest BCUT2D eigenvalue weighted by Gasteiger charge is -2.30. The van der Waals surface area contributed by atoms with Gasteiger partial charge in [-0.1, -0.05) is 11.6 Å². The number of nitrogens with one attached hydrogen (secondary N) is 3. The van der Waals surface area contributed by atoms with Gasteiger partial charge in [-0.3, -0.25) is 4.79 Å². The Balaban J connectivity index is 1.37. The summed E-state index contributed by atoms with van der Waals surface area (Å²) in [5.41, 5.74) is 1.31. The maximum Gasteiger partial charge on any atom is 0.207 e. The maximum atomic E-state index is 13.6. The molecular weight excluding hydrogens is 511 g/mol. The van der Waals surface area contributed by atoms with Gasteiger partial charge < -0.3 is 30.3 Å². The number of aromatic nitrogens is 2. The molecule has 1 aliphatic carbocycles. The molecule has 0 unspecified atom stereocenters. The van der Waals surface area contributed by atoms with Gasteiger partial charge in [-0.15, -0.1) is 0 Å². The van der Waals surface area contributed by atoms with Crippen molar-refractivity contribution in [3.8, 4) is 11.5 Å². The summed E-state index contributed by atoms with van der Waals surface area (Å²) < 4.78 is 25.6. The zero-order valence-corrected chi connectivity index (χ0v) is 22.4. The highest BCUT2D eigenvalue weighted by Gasteiger charge is 2.24.